The van der Waals surface area contributed by atoms with Gasteiger partial charge in [-0.25, -0.2) is 0 Å². The van der Waals surface area contributed by atoms with E-state index in [1.165, 1.54) is 24.3 Å². The zero-order chi connectivity index (χ0) is 17.1. The summed E-state index contributed by atoms with van der Waals surface area (Å²) in [7, 11) is 1.62. The van der Waals surface area contributed by atoms with Gasteiger partial charge in [-0.15, -0.1) is 0 Å². The van der Waals surface area contributed by atoms with Gasteiger partial charge in [0, 0.05) is 24.2 Å². The van der Waals surface area contributed by atoms with E-state index in [1.807, 2.05) is 29.2 Å². The van der Waals surface area contributed by atoms with Crippen LogP contribution < -0.4 is 4.74 Å². The molecule has 0 N–H and O–H groups in total. The van der Waals surface area contributed by atoms with E-state index in [0.29, 0.717) is 12.1 Å². The molecule has 1 atom stereocenters. The van der Waals surface area contributed by atoms with E-state index in [9.17, 15) is 14.9 Å². The molecule has 2 aromatic carbocycles. The number of amides is 1. The highest BCUT2D eigenvalue weighted by molar-refractivity contribution is 5.94. The van der Waals surface area contributed by atoms with Gasteiger partial charge in [0.1, 0.15) is 5.75 Å². The molecule has 0 radical (unpaired) electrons. The molecule has 1 unspecified atom stereocenters. The normalized spacial score (nSPS) is 16.9. The Morgan fingerprint density at radius 2 is 1.83 bits per heavy atom. The number of benzene rings is 2. The van der Waals surface area contributed by atoms with Crippen LogP contribution >= 0.6 is 0 Å². The summed E-state index contributed by atoms with van der Waals surface area (Å²) in [6.07, 6.45) is 1.85. The molecule has 0 bridgehead atoms. The van der Waals surface area contributed by atoms with E-state index in [-0.39, 0.29) is 17.6 Å². The van der Waals surface area contributed by atoms with Crippen molar-refractivity contribution in [3.8, 4) is 5.75 Å². The van der Waals surface area contributed by atoms with Crippen LogP contribution in [0, 0.1) is 10.1 Å². The second-order valence-corrected chi connectivity index (χ2v) is 5.73. The van der Waals surface area contributed by atoms with Gasteiger partial charge in [0.15, 0.2) is 0 Å². The minimum absolute atomic E-state index is 0.0142. The average Bonchev–Trinajstić information content (AvgIpc) is 3.11. The van der Waals surface area contributed by atoms with Crippen molar-refractivity contribution in [1.29, 1.82) is 0 Å². The highest BCUT2D eigenvalue weighted by Crippen LogP contribution is 2.34. The molecule has 0 saturated carbocycles. The van der Waals surface area contributed by atoms with Gasteiger partial charge in [-0.3, -0.25) is 14.9 Å². The fraction of sp³-hybridized carbons (Fsp3) is 0.278. The van der Waals surface area contributed by atoms with Gasteiger partial charge in [0.05, 0.1) is 18.1 Å². The number of nitrogens with zero attached hydrogens (tertiary/aromatic N) is 2. The zero-order valence-corrected chi connectivity index (χ0v) is 13.3. The number of nitro benzene ring substituents is 1. The van der Waals surface area contributed by atoms with Gasteiger partial charge in [0.2, 0.25) is 0 Å². The predicted molar refractivity (Wildman–Crippen MR) is 89.1 cm³/mol. The third kappa shape index (κ3) is 3.08. The highest BCUT2D eigenvalue weighted by atomic mass is 16.6. The molecule has 24 heavy (non-hydrogen) atoms. The van der Waals surface area contributed by atoms with Crippen molar-refractivity contribution in [3.05, 3.63) is 69.8 Å². The van der Waals surface area contributed by atoms with Crippen molar-refractivity contribution in [2.24, 2.45) is 0 Å². The molecule has 3 rings (SSSR count). The molecule has 1 aliphatic heterocycles. The summed E-state index contributed by atoms with van der Waals surface area (Å²) in [4.78, 5) is 24.9. The third-order valence-corrected chi connectivity index (χ3v) is 4.34. The van der Waals surface area contributed by atoms with Crippen LogP contribution in [0.3, 0.4) is 0 Å². The first-order valence-corrected chi connectivity index (χ1v) is 7.79. The molecule has 1 amide bonds. The number of likely N-dealkylation sites (tertiary alicyclic amines) is 1. The Morgan fingerprint density at radius 1 is 1.17 bits per heavy atom. The standard InChI is InChI=1S/C18H18N2O4/c1-24-16-10-6-13(7-11-16)17-3-2-12-19(17)18(21)14-4-8-15(9-5-14)20(22)23/h4-11,17H,2-3,12H2,1H3. The van der Waals surface area contributed by atoms with Crippen LogP contribution in [0.4, 0.5) is 5.69 Å². The van der Waals surface area contributed by atoms with Crippen molar-refractivity contribution in [1.82, 2.24) is 4.90 Å². The van der Waals surface area contributed by atoms with Gasteiger partial charge in [-0.2, -0.15) is 0 Å². The first-order valence-electron chi connectivity index (χ1n) is 7.79. The van der Waals surface area contributed by atoms with Crippen molar-refractivity contribution < 1.29 is 14.5 Å². The molecular weight excluding hydrogens is 308 g/mol. The number of nitro groups is 1. The maximum Gasteiger partial charge on any atom is 0.269 e. The van der Waals surface area contributed by atoms with E-state index in [4.69, 9.17) is 4.74 Å². The second-order valence-electron chi connectivity index (χ2n) is 5.73. The maximum atomic E-state index is 12.8. The topological polar surface area (TPSA) is 72.7 Å². The fourth-order valence-corrected chi connectivity index (χ4v) is 3.07. The molecule has 0 spiro atoms. The summed E-state index contributed by atoms with van der Waals surface area (Å²) < 4.78 is 5.17. The summed E-state index contributed by atoms with van der Waals surface area (Å²) in [6.45, 7) is 0.687. The zero-order valence-electron chi connectivity index (χ0n) is 13.3. The molecule has 1 fully saturated rings. The van der Waals surface area contributed by atoms with Crippen LogP contribution in [0.15, 0.2) is 48.5 Å². The van der Waals surface area contributed by atoms with E-state index >= 15 is 0 Å². The Kier molecular flexibility index (Phi) is 4.46. The molecule has 0 aromatic heterocycles. The van der Waals surface area contributed by atoms with Crippen LogP contribution in [-0.2, 0) is 0 Å². The van der Waals surface area contributed by atoms with Gasteiger partial charge in [-0.05, 0) is 42.7 Å². The van der Waals surface area contributed by atoms with E-state index in [2.05, 4.69) is 0 Å². The van der Waals surface area contributed by atoms with Crippen LogP contribution in [0.1, 0.15) is 34.8 Å². The summed E-state index contributed by atoms with van der Waals surface area (Å²) in [5, 5.41) is 10.7. The van der Waals surface area contributed by atoms with Crippen LogP contribution in [-0.4, -0.2) is 29.4 Å². The lowest BCUT2D eigenvalue weighted by Gasteiger charge is -2.25. The van der Waals surface area contributed by atoms with Crippen molar-refractivity contribution in [3.63, 3.8) is 0 Å². The molecule has 1 aliphatic rings. The van der Waals surface area contributed by atoms with Crippen LogP contribution in [0.5, 0.6) is 5.75 Å². The fourth-order valence-electron chi connectivity index (χ4n) is 3.07. The molecule has 2 aromatic rings. The van der Waals surface area contributed by atoms with Crippen LogP contribution in [0.25, 0.3) is 0 Å². The molecule has 6 nitrogen and oxygen atoms in total. The first kappa shape index (κ1) is 16.0. The number of carbonyl (C=O) groups excluding carboxylic acids is 1. The Morgan fingerprint density at radius 3 is 2.42 bits per heavy atom. The molecule has 1 saturated heterocycles. The number of carbonyl (C=O) groups is 1. The molecule has 1 heterocycles. The Labute approximate surface area is 139 Å². The smallest absolute Gasteiger partial charge is 0.269 e. The molecule has 0 aliphatic carbocycles. The minimum Gasteiger partial charge on any atom is -0.497 e. The van der Waals surface area contributed by atoms with Gasteiger partial charge >= 0.3 is 0 Å². The number of ether oxygens (including phenoxy) is 1. The van der Waals surface area contributed by atoms with Crippen molar-refractivity contribution in [2.75, 3.05) is 13.7 Å². The van der Waals surface area contributed by atoms with Gasteiger partial charge < -0.3 is 9.64 Å². The van der Waals surface area contributed by atoms with E-state index in [1.54, 1.807) is 7.11 Å². The van der Waals surface area contributed by atoms with Crippen molar-refractivity contribution in [2.45, 2.75) is 18.9 Å². The van der Waals surface area contributed by atoms with Gasteiger partial charge in [-0.1, -0.05) is 12.1 Å². The quantitative estimate of drug-likeness (QED) is 0.636. The predicted octanol–water partition coefficient (Wildman–Crippen LogP) is 3.58. The largest absolute Gasteiger partial charge is 0.497 e. The Bertz CT molecular complexity index is 741. The van der Waals surface area contributed by atoms with E-state index < -0.39 is 4.92 Å². The molecule has 124 valence electrons. The van der Waals surface area contributed by atoms with Crippen molar-refractivity contribution >= 4 is 11.6 Å². The number of methoxy groups -OCH3 is 1. The summed E-state index contributed by atoms with van der Waals surface area (Å²) in [5.41, 5.74) is 1.53. The number of non-ortho nitro benzene ring substituents is 1. The Hall–Kier alpha value is -2.89. The second kappa shape index (κ2) is 6.70. The number of rotatable bonds is 4. The average molecular weight is 326 g/mol. The first-order chi connectivity index (χ1) is 11.6. The third-order valence-electron chi connectivity index (χ3n) is 4.34. The lowest BCUT2D eigenvalue weighted by atomic mass is 10.0. The lowest BCUT2D eigenvalue weighted by Crippen LogP contribution is -2.30. The Balaban J connectivity index is 1.81. The SMILES string of the molecule is COc1ccc(C2CCCN2C(=O)c2ccc([N+](=O)[O-])cc2)cc1. The monoisotopic (exact) mass is 326 g/mol. The van der Waals surface area contributed by atoms with Crippen LogP contribution in [0.2, 0.25) is 0 Å². The summed E-state index contributed by atoms with van der Waals surface area (Å²) >= 11 is 0. The summed E-state index contributed by atoms with van der Waals surface area (Å²) in [5.74, 6) is 0.688. The lowest BCUT2D eigenvalue weighted by molar-refractivity contribution is -0.384. The minimum atomic E-state index is -0.468. The number of hydrogen-bond donors (Lipinski definition) is 0. The molecule has 6 heteroatoms. The van der Waals surface area contributed by atoms with E-state index in [0.717, 1.165) is 24.2 Å². The summed E-state index contributed by atoms with van der Waals surface area (Å²) in [6, 6.07) is 13.5. The highest BCUT2D eigenvalue weighted by Gasteiger charge is 2.30. The maximum absolute atomic E-state index is 12.8. The number of hydrogen-bond acceptors (Lipinski definition) is 4. The van der Waals surface area contributed by atoms with Gasteiger partial charge in [0.25, 0.3) is 11.6 Å². The molecular formula is C18H18N2O4.